The van der Waals surface area contributed by atoms with Gasteiger partial charge in [-0.25, -0.2) is 0 Å². The van der Waals surface area contributed by atoms with Gasteiger partial charge in [0.25, 0.3) is 5.91 Å². The summed E-state index contributed by atoms with van der Waals surface area (Å²) in [5.41, 5.74) is 1.43. The predicted octanol–water partition coefficient (Wildman–Crippen LogP) is 5.75. The van der Waals surface area contributed by atoms with E-state index in [9.17, 15) is 10.1 Å². The normalized spacial score (nSPS) is 11.0. The van der Waals surface area contributed by atoms with E-state index in [4.69, 9.17) is 16.0 Å². The molecule has 1 N–H and O–H groups in total. The van der Waals surface area contributed by atoms with Crippen LogP contribution in [-0.4, -0.2) is 5.91 Å². The molecule has 0 aliphatic heterocycles. The van der Waals surface area contributed by atoms with Crippen LogP contribution in [0.3, 0.4) is 0 Å². The zero-order valence-electron chi connectivity index (χ0n) is 13.4. The maximum atomic E-state index is 12.3. The Morgan fingerprint density at radius 3 is 2.42 bits per heavy atom. The van der Waals surface area contributed by atoms with Gasteiger partial charge in [-0.05, 0) is 71.1 Å². The Morgan fingerprint density at radius 1 is 1.08 bits per heavy atom. The third-order valence-electron chi connectivity index (χ3n) is 3.51. The molecule has 128 valence electrons. The summed E-state index contributed by atoms with van der Waals surface area (Å²) in [7, 11) is 0. The second-order valence-electron chi connectivity index (χ2n) is 5.34. The largest absolute Gasteiger partial charge is 0.457 e. The summed E-state index contributed by atoms with van der Waals surface area (Å²) in [5, 5.41) is 12.5. The molecule has 0 saturated heterocycles. The summed E-state index contributed by atoms with van der Waals surface area (Å²) in [6, 6.07) is 19.9. The average molecular weight is 475 g/mol. The summed E-state index contributed by atoms with van der Waals surface area (Å²) in [6.45, 7) is 0. The summed E-state index contributed by atoms with van der Waals surface area (Å²) in [6.07, 6.45) is 1.42. The molecule has 0 aliphatic rings. The minimum absolute atomic E-state index is 0.0524. The summed E-state index contributed by atoms with van der Waals surface area (Å²) >= 11 is 8.05. The smallest absolute Gasteiger partial charge is 0.266 e. The third-order valence-corrected chi connectivity index (χ3v) is 4.48. The number of nitrogens with one attached hydrogen (secondary N) is 1. The van der Waals surface area contributed by atoms with Crippen LogP contribution in [0, 0.1) is 14.9 Å². The number of hydrogen-bond donors (Lipinski definition) is 1. The number of benzene rings is 2. The van der Waals surface area contributed by atoms with Crippen molar-refractivity contribution in [1.82, 2.24) is 0 Å². The molecular formula is C20H12ClIN2O2. The second-order valence-corrected chi connectivity index (χ2v) is 7.02. The van der Waals surface area contributed by atoms with Crippen molar-refractivity contribution >= 4 is 51.9 Å². The number of carbonyl (C=O) groups excluding carboxylic acids is 1. The predicted molar refractivity (Wildman–Crippen MR) is 111 cm³/mol. The van der Waals surface area contributed by atoms with Gasteiger partial charge in [-0.3, -0.25) is 4.79 Å². The molecule has 0 unspecified atom stereocenters. The molecule has 1 heterocycles. The second kappa shape index (κ2) is 8.21. The summed E-state index contributed by atoms with van der Waals surface area (Å²) < 4.78 is 6.86. The molecule has 0 radical (unpaired) electrons. The SMILES string of the molecule is N#C/C(=C/c1ccc(-c2ccc(I)cc2)o1)C(=O)Nc1ccc(Cl)cc1. The fourth-order valence-electron chi connectivity index (χ4n) is 2.22. The van der Waals surface area contributed by atoms with E-state index in [0.29, 0.717) is 22.2 Å². The molecule has 0 aliphatic carbocycles. The van der Waals surface area contributed by atoms with Crippen molar-refractivity contribution in [2.45, 2.75) is 0 Å². The number of amides is 1. The van der Waals surface area contributed by atoms with Crippen LogP contribution in [0.15, 0.2) is 70.7 Å². The van der Waals surface area contributed by atoms with Gasteiger partial charge < -0.3 is 9.73 Å². The van der Waals surface area contributed by atoms with Crippen molar-refractivity contribution in [3.05, 3.63) is 80.6 Å². The lowest BCUT2D eigenvalue weighted by atomic mass is 10.2. The van der Waals surface area contributed by atoms with Gasteiger partial charge in [0, 0.05) is 25.9 Å². The topological polar surface area (TPSA) is 66.0 Å². The highest BCUT2D eigenvalue weighted by Crippen LogP contribution is 2.24. The van der Waals surface area contributed by atoms with E-state index in [0.717, 1.165) is 9.13 Å². The maximum Gasteiger partial charge on any atom is 0.266 e. The van der Waals surface area contributed by atoms with Gasteiger partial charge in [0.05, 0.1) is 0 Å². The van der Waals surface area contributed by atoms with Crippen molar-refractivity contribution < 1.29 is 9.21 Å². The zero-order valence-corrected chi connectivity index (χ0v) is 16.3. The number of nitrogens with zero attached hydrogens (tertiary/aromatic N) is 1. The number of nitriles is 1. The van der Waals surface area contributed by atoms with Crippen molar-refractivity contribution in [3.8, 4) is 17.4 Å². The van der Waals surface area contributed by atoms with Crippen molar-refractivity contribution in [2.75, 3.05) is 5.32 Å². The highest BCUT2D eigenvalue weighted by Gasteiger charge is 2.11. The van der Waals surface area contributed by atoms with E-state index in [1.807, 2.05) is 30.3 Å². The number of halogens is 2. The van der Waals surface area contributed by atoms with E-state index in [1.165, 1.54) is 6.08 Å². The Balaban J connectivity index is 1.78. The molecule has 0 atom stereocenters. The van der Waals surface area contributed by atoms with E-state index < -0.39 is 5.91 Å². The van der Waals surface area contributed by atoms with Gasteiger partial charge in [-0.1, -0.05) is 23.7 Å². The molecule has 1 aromatic heterocycles. The number of hydrogen-bond acceptors (Lipinski definition) is 3. The molecule has 3 rings (SSSR count). The van der Waals surface area contributed by atoms with Gasteiger partial charge >= 0.3 is 0 Å². The molecule has 0 fully saturated rings. The Morgan fingerprint density at radius 2 is 1.77 bits per heavy atom. The Hall–Kier alpha value is -2.56. The van der Waals surface area contributed by atoms with Crippen LogP contribution < -0.4 is 5.32 Å². The van der Waals surface area contributed by atoms with Crippen molar-refractivity contribution in [3.63, 3.8) is 0 Å². The zero-order chi connectivity index (χ0) is 18.5. The van der Waals surface area contributed by atoms with Crippen LogP contribution in [0.5, 0.6) is 0 Å². The summed E-state index contributed by atoms with van der Waals surface area (Å²) in [4.78, 5) is 12.3. The fourth-order valence-corrected chi connectivity index (χ4v) is 2.71. The Labute approximate surface area is 169 Å². The van der Waals surface area contributed by atoms with Crippen LogP contribution in [-0.2, 0) is 4.79 Å². The van der Waals surface area contributed by atoms with Crippen LogP contribution in [0.25, 0.3) is 17.4 Å². The van der Waals surface area contributed by atoms with Crippen LogP contribution >= 0.6 is 34.2 Å². The lowest BCUT2D eigenvalue weighted by Gasteiger charge is -2.03. The first kappa shape index (κ1) is 18.2. The number of rotatable bonds is 4. The number of carbonyl (C=O) groups is 1. The monoisotopic (exact) mass is 474 g/mol. The van der Waals surface area contributed by atoms with E-state index in [2.05, 4.69) is 27.9 Å². The number of anilines is 1. The van der Waals surface area contributed by atoms with Crippen molar-refractivity contribution in [1.29, 1.82) is 5.26 Å². The van der Waals surface area contributed by atoms with Crippen LogP contribution in [0.1, 0.15) is 5.76 Å². The Bertz CT molecular complexity index is 1000. The van der Waals surface area contributed by atoms with Gasteiger partial charge in [0.1, 0.15) is 23.2 Å². The third kappa shape index (κ3) is 4.54. The number of furan rings is 1. The summed E-state index contributed by atoms with van der Waals surface area (Å²) in [5.74, 6) is 0.589. The highest BCUT2D eigenvalue weighted by molar-refractivity contribution is 14.1. The fraction of sp³-hybridized carbons (Fsp3) is 0. The first-order chi connectivity index (χ1) is 12.5. The van der Waals surface area contributed by atoms with Crippen LogP contribution in [0.2, 0.25) is 5.02 Å². The van der Waals surface area contributed by atoms with Gasteiger partial charge in [-0.15, -0.1) is 0 Å². The van der Waals surface area contributed by atoms with Crippen LogP contribution in [0.4, 0.5) is 5.69 Å². The molecule has 3 aromatic rings. The molecule has 26 heavy (non-hydrogen) atoms. The lowest BCUT2D eigenvalue weighted by Crippen LogP contribution is -2.13. The van der Waals surface area contributed by atoms with Gasteiger partial charge in [-0.2, -0.15) is 5.26 Å². The van der Waals surface area contributed by atoms with Crippen molar-refractivity contribution in [2.24, 2.45) is 0 Å². The highest BCUT2D eigenvalue weighted by atomic mass is 127. The van der Waals surface area contributed by atoms with Gasteiger partial charge in [0.15, 0.2) is 0 Å². The maximum absolute atomic E-state index is 12.3. The molecule has 1 amide bonds. The molecular weight excluding hydrogens is 463 g/mol. The molecule has 0 bridgehead atoms. The van der Waals surface area contributed by atoms with E-state index >= 15 is 0 Å². The minimum atomic E-state index is -0.512. The van der Waals surface area contributed by atoms with Gasteiger partial charge in [0.2, 0.25) is 0 Å². The molecule has 0 saturated carbocycles. The Kier molecular flexibility index (Phi) is 5.76. The minimum Gasteiger partial charge on any atom is -0.457 e. The molecule has 2 aromatic carbocycles. The molecule has 0 spiro atoms. The first-order valence-electron chi connectivity index (χ1n) is 7.59. The average Bonchev–Trinajstić information content (AvgIpc) is 3.11. The molecule has 4 nitrogen and oxygen atoms in total. The quantitative estimate of drug-likeness (QED) is 0.297. The lowest BCUT2D eigenvalue weighted by molar-refractivity contribution is -0.112. The van der Waals surface area contributed by atoms with E-state index in [1.54, 1.807) is 36.4 Å². The first-order valence-corrected chi connectivity index (χ1v) is 9.05. The standard InChI is InChI=1S/C20H12ClIN2O2/c21-15-3-7-17(8-4-15)24-20(25)14(12-23)11-18-9-10-19(26-18)13-1-5-16(22)6-2-13/h1-11H,(H,24,25)/b14-11-. The molecule has 6 heteroatoms. The van der Waals surface area contributed by atoms with E-state index in [-0.39, 0.29) is 5.57 Å².